The minimum absolute atomic E-state index is 0.0131. The Kier molecular flexibility index (Phi) is 8.18. The van der Waals surface area contributed by atoms with Crippen molar-refractivity contribution in [3.05, 3.63) is 71.8 Å². The normalized spacial score (nSPS) is 15.2. The number of hydrogen-bond acceptors (Lipinski definition) is 4. The third-order valence-electron chi connectivity index (χ3n) is 5.32. The summed E-state index contributed by atoms with van der Waals surface area (Å²) in [5.74, 6) is -0.165. The molecule has 1 heterocycles. The third-order valence-corrected chi connectivity index (χ3v) is 5.32. The van der Waals surface area contributed by atoms with Gasteiger partial charge in [-0.1, -0.05) is 48.5 Å². The molecule has 2 aromatic rings. The Morgan fingerprint density at radius 2 is 1.52 bits per heavy atom. The Morgan fingerprint density at radius 1 is 0.903 bits per heavy atom. The highest BCUT2D eigenvalue weighted by Gasteiger charge is 2.24. The first-order valence-electron chi connectivity index (χ1n) is 10.7. The smallest absolute Gasteiger partial charge is 0.251 e. The maximum Gasteiger partial charge on any atom is 0.251 e. The summed E-state index contributed by atoms with van der Waals surface area (Å²) in [5, 5.41) is 5.82. The Hall–Kier alpha value is -3.19. The fourth-order valence-corrected chi connectivity index (χ4v) is 3.55. The van der Waals surface area contributed by atoms with Crippen molar-refractivity contribution >= 4 is 17.7 Å². The van der Waals surface area contributed by atoms with Crippen molar-refractivity contribution < 1.29 is 14.4 Å². The summed E-state index contributed by atoms with van der Waals surface area (Å²) < 4.78 is 0. The fraction of sp³-hybridized carbons (Fsp3) is 0.375. The molecule has 31 heavy (non-hydrogen) atoms. The van der Waals surface area contributed by atoms with E-state index in [-0.39, 0.29) is 30.2 Å². The molecule has 1 unspecified atom stereocenters. The van der Waals surface area contributed by atoms with E-state index < -0.39 is 0 Å². The lowest BCUT2D eigenvalue weighted by molar-refractivity contribution is -0.133. The molecule has 0 spiro atoms. The van der Waals surface area contributed by atoms with Crippen molar-refractivity contribution in [2.45, 2.75) is 25.9 Å². The van der Waals surface area contributed by atoms with E-state index in [1.807, 2.05) is 60.4 Å². The van der Waals surface area contributed by atoms with Gasteiger partial charge in [0.2, 0.25) is 11.8 Å². The maximum absolute atomic E-state index is 12.6. The van der Waals surface area contributed by atoms with Crippen molar-refractivity contribution in [3.63, 3.8) is 0 Å². The van der Waals surface area contributed by atoms with Crippen LogP contribution in [0.5, 0.6) is 0 Å². The molecule has 164 valence electrons. The van der Waals surface area contributed by atoms with E-state index >= 15 is 0 Å². The van der Waals surface area contributed by atoms with Gasteiger partial charge >= 0.3 is 0 Å². The standard InChI is InChI=1S/C24H30N4O3/c1-19(26-24(31)21-10-6-3-7-11-21)16-23(30)28-14-12-27(13-15-28)18-22(29)25-17-20-8-4-2-5-9-20/h2-11,19H,12-18H2,1H3,(H,25,29)(H,26,31). The van der Waals surface area contributed by atoms with E-state index in [1.165, 1.54) is 0 Å². The van der Waals surface area contributed by atoms with E-state index in [0.29, 0.717) is 44.8 Å². The molecule has 0 saturated carbocycles. The highest BCUT2D eigenvalue weighted by atomic mass is 16.2. The molecule has 3 rings (SSSR count). The van der Waals surface area contributed by atoms with Crippen LogP contribution in [0.15, 0.2) is 60.7 Å². The summed E-state index contributed by atoms with van der Waals surface area (Å²) in [5.41, 5.74) is 1.65. The van der Waals surface area contributed by atoms with Crippen LogP contribution >= 0.6 is 0 Å². The first-order valence-corrected chi connectivity index (χ1v) is 10.7. The average Bonchev–Trinajstić information content (AvgIpc) is 2.79. The fourth-order valence-electron chi connectivity index (χ4n) is 3.55. The number of piperazine rings is 1. The van der Waals surface area contributed by atoms with E-state index in [2.05, 4.69) is 15.5 Å². The van der Waals surface area contributed by atoms with Gasteiger partial charge in [-0.25, -0.2) is 0 Å². The Bertz CT molecular complexity index is 865. The molecule has 1 fully saturated rings. The molecular weight excluding hydrogens is 392 g/mol. The van der Waals surface area contributed by atoms with Crippen LogP contribution in [-0.2, 0) is 16.1 Å². The number of nitrogens with one attached hydrogen (secondary N) is 2. The van der Waals surface area contributed by atoms with Crippen LogP contribution < -0.4 is 10.6 Å². The number of benzene rings is 2. The molecule has 7 heteroatoms. The van der Waals surface area contributed by atoms with Crippen LogP contribution in [0.4, 0.5) is 0 Å². The van der Waals surface area contributed by atoms with Gasteiger partial charge in [0.05, 0.1) is 6.54 Å². The Morgan fingerprint density at radius 3 is 2.16 bits per heavy atom. The zero-order valence-corrected chi connectivity index (χ0v) is 17.9. The summed E-state index contributed by atoms with van der Waals surface area (Å²) in [4.78, 5) is 40.9. The summed E-state index contributed by atoms with van der Waals surface area (Å²) >= 11 is 0. The van der Waals surface area contributed by atoms with Crippen LogP contribution in [0.3, 0.4) is 0 Å². The minimum atomic E-state index is -0.248. The zero-order valence-electron chi connectivity index (χ0n) is 17.9. The SMILES string of the molecule is CC(CC(=O)N1CCN(CC(=O)NCc2ccccc2)CC1)NC(=O)c1ccccc1. The second-order valence-electron chi connectivity index (χ2n) is 7.86. The van der Waals surface area contributed by atoms with Gasteiger partial charge < -0.3 is 15.5 Å². The average molecular weight is 423 g/mol. The predicted molar refractivity (Wildman–Crippen MR) is 119 cm³/mol. The van der Waals surface area contributed by atoms with Crippen molar-refractivity contribution in [2.24, 2.45) is 0 Å². The van der Waals surface area contributed by atoms with E-state index in [4.69, 9.17) is 0 Å². The molecule has 0 bridgehead atoms. The van der Waals surface area contributed by atoms with E-state index in [0.717, 1.165) is 5.56 Å². The van der Waals surface area contributed by atoms with Gasteiger partial charge in [-0.3, -0.25) is 19.3 Å². The first kappa shape index (κ1) is 22.5. The molecule has 1 aliphatic rings. The highest BCUT2D eigenvalue weighted by molar-refractivity contribution is 5.94. The third kappa shape index (κ3) is 7.22. The largest absolute Gasteiger partial charge is 0.351 e. The molecule has 0 aromatic heterocycles. The van der Waals surface area contributed by atoms with Crippen molar-refractivity contribution in [1.82, 2.24) is 20.4 Å². The van der Waals surface area contributed by atoms with Gasteiger partial charge in [0.25, 0.3) is 5.91 Å². The second kappa shape index (κ2) is 11.3. The summed E-state index contributed by atoms with van der Waals surface area (Å²) in [6.45, 7) is 5.19. The predicted octanol–water partition coefficient (Wildman–Crippen LogP) is 1.66. The van der Waals surface area contributed by atoms with Crippen LogP contribution in [0.2, 0.25) is 0 Å². The molecule has 2 aromatic carbocycles. The van der Waals surface area contributed by atoms with Gasteiger partial charge in [0, 0.05) is 50.7 Å². The van der Waals surface area contributed by atoms with E-state index in [1.54, 1.807) is 12.1 Å². The quantitative estimate of drug-likeness (QED) is 0.678. The topological polar surface area (TPSA) is 81.8 Å². The molecule has 1 saturated heterocycles. The second-order valence-corrected chi connectivity index (χ2v) is 7.86. The van der Waals surface area contributed by atoms with Crippen molar-refractivity contribution in [1.29, 1.82) is 0 Å². The monoisotopic (exact) mass is 422 g/mol. The van der Waals surface area contributed by atoms with Gasteiger partial charge in [-0.2, -0.15) is 0 Å². The van der Waals surface area contributed by atoms with Crippen LogP contribution in [0, 0.1) is 0 Å². The highest BCUT2D eigenvalue weighted by Crippen LogP contribution is 2.07. The molecule has 0 aliphatic carbocycles. The Balaban J connectivity index is 1.35. The molecule has 1 atom stereocenters. The first-order chi connectivity index (χ1) is 15.0. The maximum atomic E-state index is 12.6. The van der Waals surface area contributed by atoms with E-state index in [9.17, 15) is 14.4 Å². The van der Waals surface area contributed by atoms with Gasteiger partial charge in [0.1, 0.15) is 0 Å². The Labute approximate surface area is 183 Å². The molecular formula is C24H30N4O3. The van der Waals surface area contributed by atoms with Gasteiger partial charge in [-0.05, 0) is 24.6 Å². The van der Waals surface area contributed by atoms with Crippen LogP contribution in [0.25, 0.3) is 0 Å². The number of carbonyl (C=O) groups is 3. The minimum Gasteiger partial charge on any atom is -0.351 e. The van der Waals surface area contributed by atoms with Crippen LogP contribution in [-0.4, -0.2) is 66.3 Å². The molecule has 3 amide bonds. The van der Waals surface area contributed by atoms with Gasteiger partial charge in [-0.15, -0.1) is 0 Å². The van der Waals surface area contributed by atoms with Crippen molar-refractivity contribution in [3.8, 4) is 0 Å². The summed E-state index contributed by atoms with van der Waals surface area (Å²) in [7, 11) is 0. The molecule has 2 N–H and O–H groups in total. The summed E-state index contributed by atoms with van der Waals surface area (Å²) in [6, 6.07) is 18.5. The lowest BCUT2D eigenvalue weighted by Crippen LogP contribution is -2.52. The summed E-state index contributed by atoms with van der Waals surface area (Å²) in [6.07, 6.45) is 0.260. The van der Waals surface area contributed by atoms with Gasteiger partial charge in [0.15, 0.2) is 0 Å². The molecule has 1 aliphatic heterocycles. The van der Waals surface area contributed by atoms with Crippen LogP contribution in [0.1, 0.15) is 29.3 Å². The molecule has 0 radical (unpaired) electrons. The number of nitrogens with zero attached hydrogens (tertiary/aromatic N) is 2. The lowest BCUT2D eigenvalue weighted by atomic mass is 10.1. The number of amides is 3. The number of rotatable bonds is 8. The molecule has 7 nitrogen and oxygen atoms in total. The number of hydrogen-bond donors (Lipinski definition) is 2. The van der Waals surface area contributed by atoms with Crippen molar-refractivity contribution in [2.75, 3.05) is 32.7 Å². The zero-order chi connectivity index (χ0) is 22.1. The number of carbonyl (C=O) groups excluding carboxylic acids is 3. The lowest BCUT2D eigenvalue weighted by Gasteiger charge is -2.34.